The molecule has 2 atom stereocenters. The van der Waals surface area contributed by atoms with Gasteiger partial charge in [-0.25, -0.2) is 8.42 Å². The molecule has 1 saturated heterocycles. The van der Waals surface area contributed by atoms with Gasteiger partial charge in [0.15, 0.2) is 0 Å². The first kappa shape index (κ1) is 16.4. The van der Waals surface area contributed by atoms with Gasteiger partial charge in [-0.05, 0) is 30.4 Å². The maximum atomic E-state index is 13.0. The van der Waals surface area contributed by atoms with Gasteiger partial charge in [-0.1, -0.05) is 24.6 Å². The number of carboxylic acids is 1. The Balaban J connectivity index is 1.95. The predicted octanol–water partition coefficient (Wildman–Crippen LogP) is 1.71. The molecule has 3 rings (SSSR count). The number of ether oxygens (including phenoxy) is 1. The summed E-state index contributed by atoms with van der Waals surface area (Å²) in [6.07, 6.45) is 2.18. The molecule has 1 saturated carbocycles. The summed E-state index contributed by atoms with van der Waals surface area (Å²) in [6, 6.07) is 6.73. The molecule has 0 unspecified atom stereocenters. The molecule has 23 heavy (non-hydrogen) atoms. The summed E-state index contributed by atoms with van der Waals surface area (Å²) in [5.41, 5.74) is -0.320. The quantitative estimate of drug-likeness (QED) is 0.883. The third-order valence-electron chi connectivity index (χ3n) is 5.16. The molecule has 6 nitrogen and oxygen atoms in total. The highest BCUT2D eigenvalue weighted by atomic mass is 32.2. The minimum Gasteiger partial charge on any atom is -0.481 e. The Morgan fingerprint density at radius 1 is 1.43 bits per heavy atom. The van der Waals surface area contributed by atoms with Crippen LogP contribution in [0.15, 0.2) is 29.2 Å². The number of rotatable bonds is 5. The lowest BCUT2D eigenvalue weighted by Crippen LogP contribution is -2.37. The molecule has 0 bridgehead atoms. The Bertz CT molecular complexity index is 717. The van der Waals surface area contributed by atoms with Crippen LogP contribution in [0.5, 0.6) is 0 Å². The van der Waals surface area contributed by atoms with Crippen LogP contribution < -0.4 is 0 Å². The molecule has 1 aromatic carbocycles. The summed E-state index contributed by atoms with van der Waals surface area (Å²) in [5, 5.41) is 9.63. The van der Waals surface area contributed by atoms with Gasteiger partial charge in [0.1, 0.15) is 0 Å². The number of hydrogen-bond acceptors (Lipinski definition) is 4. The number of nitrogens with zero attached hydrogens (tertiary/aromatic N) is 1. The average Bonchev–Trinajstić information content (AvgIpc) is 3.06. The fourth-order valence-electron chi connectivity index (χ4n) is 3.95. The van der Waals surface area contributed by atoms with Crippen LogP contribution in [0.25, 0.3) is 0 Å². The molecule has 1 aliphatic heterocycles. The van der Waals surface area contributed by atoms with E-state index in [9.17, 15) is 18.3 Å². The van der Waals surface area contributed by atoms with E-state index in [1.54, 1.807) is 24.3 Å². The third-order valence-corrected chi connectivity index (χ3v) is 7.07. The van der Waals surface area contributed by atoms with Crippen LogP contribution in [0.4, 0.5) is 0 Å². The van der Waals surface area contributed by atoms with Crippen molar-refractivity contribution < 1.29 is 23.1 Å². The van der Waals surface area contributed by atoms with Gasteiger partial charge in [0, 0.05) is 20.2 Å². The SMILES string of the molecule is COCc1ccccc1S(=O)(=O)N1C[C@@H]2CCC[C@@]2(C(=O)O)C1. The normalized spacial score (nSPS) is 28.0. The molecule has 126 valence electrons. The van der Waals surface area contributed by atoms with Crippen LogP contribution in [0, 0.1) is 11.3 Å². The summed E-state index contributed by atoms with van der Waals surface area (Å²) in [4.78, 5) is 12.0. The fraction of sp³-hybridized carbons (Fsp3) is 0.562. The maximum absolute atomic E-state index is 13.0. The lowest BCUT2D eigenvalue weighted by molar-refractivity contribution is -0.149. The van der Waals surface area contributed by atoms with E-state index in [0.717, 1.165) is 12.8 Å². The van der Waals surface area contributed by atoms with Gasteiger partial charge in [0.05, 0.1) is 16.9 Å². The second-order valence-electron chi connectivity index (χ2n) is 6.39. The number of fused-ring (bicyclic) bond motifs is 1. The summed E-state index contributed by atoms with van der Waals surface area (Å²) in [6.45, 7) is 0.559. The molecule has 0 spiro atoms. The van der Waals surface area contributed by atoms with E-state index in [1.807, 2.05) is 0 Å². The van der Waals surface area contributed by atoms with Gasteiger partial charge < -0.3 is 9.84 Å². The van der Waals surface area contributed by atoms with Crippen LogP contribution in [-0.2, 0) is 26.2 Å². The van der Waals surface area contributed by atoms with Crippen LogP contribution in [0.3, 0.4) is 0 Å². The zero-order chi connectivity index (χ0) is 16.7. The Kier molecular flexibility index (Phi) is 4.20. The van der Waals surface area contributed by atoms with Gasteiger partial charge in [-0.3, -0.25) is 4.79 Å². The average molecular weight is 339 g/mol. The van der Waals surface area contributed by atoms with Crippen molar-refractivity contribution in [2.24, 2.45) is 11.3 Å². The van der Waals surface area contributed by atoms with E-state index >= 15 is 0 Å². The molecular formula is C16H21NO5S. The topological polar surface area (TPSA) is 83.9 Å². The maximum Gasteiger partial charge on any atom is 0.311 e. The van der Waals surface area contributed by atoms with Crippen LogP contribution >= 0.6 is 0 Å². The van der Waals surface area contributed by atoms with E-state index < -0.39 is 21.4 Å². The van der Waals surface area contributed by atoms with Crippen molar-refractivity contribution in [2.45, 2.75) is 30.8 Å². The van der Waals surface area contributed by atoms with Gasteiger partial charge >= 0.3 is 5.97 Å². The first-order valence-electron chi connectivity index (χ1n) is 7.72. The monoisotopic (exact) mass is 339 g/mol. The third kappa shape index (κ3) is 2.56. The molecule has 7 heteroatoms. The first-order chi connectivity index (χ1) is 10.9. The number of aliphatic carboxylic acids is 1. The van der Waals surface area contributed by atoms with Crippen molar-refractivity contribution in [2.75, 3.05) is 20.2 Å². The molecule has 0 amide bonds. The Morgan fingerprint density at radius 2 is 2.17 bits per heavy atom. The molecule has 2 aliphatic rings. The van der Waals surface area contributed by atoms with Crippen molar-refractivity contribution in [3.8, 4) is 0 Å². The number of carboxylic acid groups (broad SMARTS) is 1. The molecule has 1 N–H and O–H groups in total. The molecule has 1 aliphatic carbocycles. The molecule has 1 heterocycles. The van der Waals surface area contributed by atoms with E-state index in [1.165, 1.54) is 11.4 Å². The highest BCUT2D eigenvalue weighted by Crippen LogP contribution is 2.50. The second-order valence-corrected chi connectivity index (χ2v) is 8.30. The number of methoxy groups -OCH3 is 1. The molecule has 2 fully saturated rings. The van der Waals surface area contributed by atoms with E-state index in [0.29, 0.717) is 12.0 Å². The lowest BCUT2D eigenvalue weighted by Gasteiger charge is -2.23. The van der Waals surface area contributed by atoms with Crippen LogP contribution in [0.2, 0.25) is 0 Å². The van der Waals surface area contributed by atoms with Gasteiger partial charge in [-0.15, -0.1) is 0 Å². The Labute approximate surface area is 136 Å². The van der Waals surface area contributed by atoms with E-state index in [4.69, 9.17) is 4.74 Å². The van der Waals surface area contributed by atoms with Crippen molar-refractivity contribution >= 4 is 16.0 Å². The fourth-order valence-corrected chi connectivity index (χ4v) is 5.71. The smallest absolute Gasteiger partial charge is 0.311 e. The lowest BCUT2D eigenvalue weighted by atomic mass is 9.81. The molecule has 1 aromatic rings. The standard InChI is InChI=1S/C16H21NO5S/c1-22-10-12-5-2-3-7-14(12)23(20,21)17-9-13-6-4-8-16(13,11-17)15(18)19/h2-3,5,7,13H,4,6,8-11H2,1H3,(H,18,19)/t13-,16+/m0/s1. The van der Waals surface area contributed by atoms with Crippen molar-refractivity contribution in [3.05, 3.63) is 29.8 Å². The first-order valence-corrected chi connectivity index (χ1v) is 9.16. The van der Waals surface area contributed by atoms with Gasteiger partial charge in [0.2, 0.25) is 10.0 Å². The summed E-state index contributed by atoms with van der Waals surface area (Å²) < 4.78 is 32.4. The van der Waals surface area contributed by atoms with E-state index in [2.05, 4.69) is 0 Å². The van der Waals surface area contributed by atoms with Crippen LogP contribution in [-0.4, -0.2) is 44.0 Å². The minimum absolute atomic E-state index is 0.0661. The highest BCUT2D eigenvalue weighted by molar-refractivity contribution is 7.89. The number of hydrogen-bond donors (Lipinski definition) is 1. The summed E-state index contributed by atoms with van der Waals surface area (Å²) in [7, 11) is -2.20. The number of carbonyl (C=O) groups is 1. The number of sulfonamides is 1. The summed E-state index contributed by atoms with van der Waals surface area (Å²) >= 11 is 0. The second kappa shape index (κ2) is 5.89. The zero-order valence-corrected chi connectivity index (χ0v) is 13.9. The van der Waals surface area contributed by atoms with E-state index in [-0.39, 0.29) is 30.5 Å². The molecule has 0 radical (unpaired) electrons. The zero-order valence-electron chi connectivity index (χ0n) is 13.1. The number of benzene rings is 1. The largest absolute Gasteiger partial charge is 0.481 e. The van der Waals surface area contributed by atoms with Crippen molar-refractivity contribution in [1.82, 2.24) is 4.31 Å². The minimum atomic E-state index is -3.72. The Hall–Kier alpha value is -1.44. The Morgan fingerprint density at radius 3 is 2.83 bits per heavy atom. The summed E-state index contributed by atoms with van der Waals surface area (Å²) in [5.74, 6) is -0.966. The highest BCUT2D eigenvalue weighted by Gasteiger charge is 2.57. The predicted molar refractivity (Wildman–Crippen MR) is 83.3 cm³/mol. The van der Waals surface area contributed by atoms with Crippen molar-refractivity contribution in [3.63, 3.8) is 0 Å². The van der Waals surface area contributed by atoms with Crippen molar-refractivity contribution in [1.29, 1.82) is 0 Å². The molecule has 0 aromatic heterocycles. The molecular weight excluding hydrogens is 318 g/mol. The van der Waals surface area contributed by atoms with Gasteiger partial charge in [-0.2, -0.15) is 4.31 Å². The van der Waals surface area contributed by atoms with Crippen LogP contribution in [0.1, 0.15) is 24.8 Å². The van der Waals surface area contributed by atoms with Gasteiger partial charge in [0.25, 0.3) is 0 Å².